The van der Waals surface area contributed by atoms with Crippen molar-refractivity contribution in [1.29, 1.82) is 0 Å². The smallest absolute Gasteiger partial charge is 0.325 e. The Bertz CT molecular complexity index is 1010. The number of benzene rings is 2. The first-order valence-electron chi connectivity index (χ1n) is 11.7. The second-order valence-corrected chi connectivity index (χ2v) is 9.44. The third kappa shape index (κ3) is 9.71. The largest absolute Gasteiger partial charge is 0.480 e. The lowest BCUT2D eigenvalue weighted by Crippen LogP contribution is -2.57. The average molecular weight is 515 g/mol. The van der Waals surface area contributed by atoms with Crippen molar-refractivity contribution in [2.75, 3.05) is 12.0 Å². The third-order valence-electron chi connectivity index (χ3n) is 5.52. The fourth-order valence-electron chi connectivity index (χ4n) is 3.45. The monoisotopic (exact) mass is 514 g/mol. The molecule has 0 spiro atoms. The van der Waals surface area contributed by atoms with Crippen molar-refractivity contribution in [3.05, 3.63) is 71.8 Å². The molecule has 9 nitrogen and oxygen atoms in total. The van der Waals surface area contributed by atoms with Crippen LogP contribution in [0.5, 0.6) is 0 Å². The Balaban J connectivity index is 2.16. The summed E-state index contributed by atoms with van der Waals surface area (Å²) in [4.78, 5) is 50.1. The molecule has 4 unspecified atom stereocenters. The molecular weight excluding hydrogens is 480 g/mol. The van der Waals surface area contributed by atoms with E-state index in [0.29, 0.717) is 18.6 Å². The predicted molar refractivity (Wildman–Crippen MR) is 140 cm³/mol. The van der Waals surface area contributed by atoms with Crippen LogP contribution in [0.25, 0.3) is 0 Å². The van der Waals surface area contributed by atoms with Gasteiger partial charge in [0.15, 0.2) is 0 Å². The molecule has 3 amide bonds. The summed E-state index contributed by atoms with van der Waals surface area (Å²) in [6.07, 6.45) is 2.66. The van der Waals surface area contributed by atoms with E-state index in [4.69, 9.17) is 10.8 Å². The molecule has 0 radical (unpaired) electrons. The number of aliphatic carboxylic acids is 1. The van der Waals surface area contributed by atoms with E-state index in [0.717, 1.165) is 11.1 Å². The van der Waals surface area contributed by atoms with E-state index in [2.05, 4.69) is 16.0 Å². The van der Waals surface area contributed by atoms with Gasteiger partial charge in [-0.15, -0.1) is 0 Å². The van der Waals surface area contributed by atoms with E-state index >= 15 is 0 Å². The highest BCUT2D eigenvalue weighted by Gasteiger charge is 2.29. The molecule has 194 valence electrons. The first-order valence-corrected chi connectivity index (χ1v) is 13.1. The normalized spacial score (nSPS) is 14.1. The molecule has 2 aromatic rings. The number of thioether (sulfide) groups is 1. The molecule has 0 aliphatic rings. The van der Waals surface area contributed by atoms with Crippen molar-refractivity contribution in [3.63, 3.8) is 0 Å². The average Bonchev–Trinajstić information content (AvgIpc) is 2.86. The van der Waals surface area contributed by atoms with Gasteiger partial charge in [0.05, 0.1) is 6.04 Å². The molecule has 4 atom stereocenters. The maximum atomic E-state index is 13.3. The van der Waals surface area contributed by atoms with Crippen LogP contribution in [-0.4, -0.2) is 65.0 Å². The lowest BCUT2D eigenvalue weighted by Gasteiger charge is -2.25. The zero-order valence-electron chi connectivity index (χ0n) is 20.5. The van der Waals surface area contributed by atoms with Crippen LogP contribution >= 0.6 is 11.8 Å². The SMILES string of the molecule is CSCCC(NC(=O)C(Cc1ccccc1)NC(=O)C(N)Cc1ccccc1)C(=O)NC(C)C(=O)O. The highest BCUT2D eigenvalue weighted by Crippen LogP contribution is 2.08. The van der Waals surface area contributed by atoms with Crippen LogP contribution in [0.2, 0.25) is 0 Å². The van der Waals surface area contributed by atoms with Gasteiger partial charge in [0.1, 0.15) is 18.1 Å². The first-order chi connectivity index (χ1) is 17.2. The van der Waals surface area contributed by atoms with E-state index in [1.807, 2.05) is 66.9 Å². The van der Waals surface area contributed by atoms with Gasteiger partial charge in [0, 0.05) is 6.42 Å². The third-order valence-corrected chi connectivity index (χ3v) is 6.17. The summed E-state index contributed by atoms with van der Waals surface area (Å²) in [6.45, 7) is 1.35. The molecule has 0 aliphatic carbocycles. The molecule has 0 fully saturated rings. The summed E-state index contributed by atoms with van der Waals surface area (Å²) in [7, 11) is 0. The minimum atomic E-state index is -1.18. The van der Waals surface area contributed by atoms with Gasteiger partial charge in [-0.3, -0.25) is 19.2 Å². The van der Waals surface area contributed by atoms with Crippen molar-refractivity contribution in [3.8, 4) is 0 Å². The number of carboxylic acid groups (broad SMARTS) is 1. The summed E-state index contributed by atoms with van der Waals surface area (Å²) in [5.74, 6) is -2.25. The van der Waals surface area contributed by atoms with Crippen molar-refractivity contribution >= 4 is 35.5 Å². The van der Waals surface area contributed by atoms with E-state index in [1.54, 1.807) is 0 Å². The lowest BCUT2D eigenvalue weighted by atomic mass is 10.0. The highest BCUT2D eigenvalue weighted by molar-refractivity contribution is 7.98. The van der Waals surface area contributed by atoms with Gasteiger partial charge in [-0.05, 0) is 42.9 Å². The van der Waals surface area contributed by atoms with Crippen LogP contribution in [-0.2, 0) is 32.0 Å². The molecule has 0 bridgehead atoms. The molecule has 10 heteroatoms. The van der Waals surface area contributed by atoms with Crippen LogP contribution in [0, 0.1) is 0 Å². The summed E-state index contributed by atoms with van der Waals surface area (Å²) in [5.41, 5.74) is 7.84. The number of hydrogen-bond acceptors (Lipinski definition) is 6. The number of rotatable bonds is 14. The topological polar surface area (TPSA) is 151 Å². The van der Waals surface area contributed by atoms with Gasteiger partial charge in [-0.25, -0.2) is 0 Å². The molecular formula is C26H34N4O5S. The molecule has 2 aromatic carbocycles. The number of carbonyl (C=O) groups is 4. The van der Waals surface area contributed by atoms with E-state index in [9.17, 15) is 19.2 Å². The number of hydrogen-bond donors (Lipinski definition) is 5. The molecule has 6 N–H and O–H groups in total. The lowest BCUT2D eigenvalue weighted by molar-refractivity contribution is -0.141. The van der Waals surface area contributed by atoms with Crippen molar-refractivity contribution in [1.82, 2.24) is 16.0 Å². The zero-order chi connectivity index (χ0) is 26.5. The van der Waals surface area contributed by atoms with E-state index in [1.165, 1.54) is 18.7 Å². The molecule has 0 heterocycles. The van der Waals surface area contributed by atoms with Gasteiger partial charge in [0.2, 0.25) is 17.7 Å². The summed E-state index contributed by atoms with van der Waals surface area (Å²) < 4.78 is 0. The van der Waals surface area contributed by atoms with E-state index < -0.39 is 47.9 Å². The second-order valence-electron chi connectivity index (χ2n) is 8.46. The summed E-state index contributed by atoms with van der Waals surface area (Å²) in [5, 5.41) is 16.9. The standard InChI is InChI=1S/C26H34N4O5S/c1-17(26(34)35)28-24(32)21(13-14-36-2)29-25(33)22(16-19-11-7-4-8-12-19)30-23(31)20(27)15-18-9-5-3-6-10-18/h3-12,17,20-22H,13-16,27H2,1-2H3,(H,28,32)(H,29,33)(H,30,31)(H,34,35). The van der Waals surface area contributed by atoms with Gasteiger partial charge in [-0.1, -0.05) is 60.7 Å². The van der Waals surface area contributed by atoms with Crippen LogP contribution in [0.4, 0.5) is 0 Å². The minimum absolute atomic E-state index is 0.193. The van der Waals surface area contributed by atoms with Crippen molar-refractivity contribution in [2.24, 2.45) is 5.73 Å². The zero-order valence-corrected chi connectivity index (χ0v) is 21.3. The summed E-state index contributed by atoms with van der Waals surface area (Å²) >= 11 is 1.49. The fraction of sp³-hybridized carbons (Fsp3) is 0.385. The number of nitrogens with one attached hydrogen (secondary N) is 3. The molecule has 0 saturated heterocycles. The minimum Gasteiger partial charge on any atom is -0.480 e. The van der Waals surface area contributed by atoms with Crippen LogP contribution in [0.3, 0.4) is 0 Å². The van der Waals surface area contributed by atoms with Gasteiger partial charge in [-0.2, -0.15) is 11.8 Å². The van der Waals surface area contributed by atoms with Crippen molar-refractivity contribution in [2.45, 2.75) is 50.4 Å². The van der Waals surface area contributed by atoms with Crippen molar-refractivity contribution < 1.29 is 24.3 Å². The molecule has 0 saturated carbocycles. The Morgan fingerprint density at radius 2 is 1.31 bits per heavy atom. The maximum Gasteiger partial charge on any atom is 0.325 e. The number of carbonyl (C=O) groups excluding carboxylic acids is 3. The Morgan fingerprint density at radius 3 is 1.83 bits per heavy atom. The van der Waals surface area contributed by atoms with Crippen LogP contribution in [0.1, 0.15) is 24.5 Å². The Hall–Kier alpha value is -3.37. The maximum absolute atomic E-state index is 13.3. The summed E-state index contributed by atoms with van der Waals surface area (Å²) in [6, 6.07) is 14.6. The molecule has 0 aromatic heterocycles. The van der Waals surface area contributed by atoms with Gasteiger partial charge in [0.25, 0.3) is 0 Å². The fourth-order valence-corrected chi connectivity index (χ4v) is 3.92. The van der Waals surface area contributed by atoms with Crippen LogP contribution in [0.15, 0.2) is 60.7 Å². The van der Waals surface area contributed by atoms with E-state index in [-0.39, 0.29) is 6.42 Å². The number of amides is 3. The Kier molecular flexibility index (Phi) is 11.9. The first kappa shape index (κ1) is 28.9. The highest BCUT2D eigenvalue weighted by atomic mass is 32.2. The molecule has 2 rings (SSSR count). The number of carboxylic acids is 1. The molecule has 0 aliphatic heterocycles. The quantitative estimate of drug-likeness (QED) is 0.253. The second kappa shape index (κ2) is 14.9. The van der Waals surface area contributed by atoms with Crippen LogP contribution < -0.4 is 21.7 Å². The predicted octanol–water partition coefficient (Wildman–Crippen LogP) is 1.11. The van der Waals surface area contributed by atoms with Gasteiger partial charge < -0.3 is 26.8 Å². The number of nitrogens with two attached hydrogens (primary N) is 1. The Morgan fingerprint density at radius 1 is 0.806 bits per heavy atom. The Labute approximate surface area is 215 Å². The molecule has 36 heavy (non-hydrogen) atoms. The van der Waals surface area contributed by atoms with Gasteiger partial charge >= 0.3 is 5.97 Å².